The third-order valence-electron chi connectivity index (χ3n) is 3.99. The van der Waals surface area contributed by atoms with Gasteiger partial charge in [0.1, 0.15) is 5.65 Å². The van der Waals surface area contributed by atoms with Crippen molar-refractivity contribution in [3.8, 4) is 0 Å². The van der Waals surface area contributed by atoms with Crippen LogP contribution < -0.4 is 5.32 Å². The molecule has 0 aromatic carbocycles. The molecule has 0 saturated carbocycles. The summed E-state index contributed by atoms with van der Waals surface area (Å²) in [7, 11) is 0. The van der Waals surface area contributed by atoms with Crippen LogP contribution in [0.3, 0.4) is 0 Å². The Kier molecular flexibility index (Phi) is 3.27. The Hall–Kier alpha value is -1.84. The minimum absolute atomic E-state index is 0.0529. The van der Waals surface area contributed by atoms with Crippen molar-refractivity contribution >= 4 is 11.6 Å². The number of imidazole rings is 1. The average molecular weight is 285 g/mol. The first-order chi connectivity index (χ1) is 9.83. The van der Waals surface area contributed by atoms with Gasteiger partial charge in [0.25, 0.3) is 0 Å². The largest absolute Gasteiger partial charge is 0.351 e. The van der Waals surface area contributed by atoms with E-state index in [9.17, 15) is 4.79 Å². The molecule has 3 rings (SSSR count). The van der Waals surface area contributed by atoms with E-state index in [1.54, 1.807) is 0 Å². The van der Waals surface area contributed by atoms with Crippen LogP contribution in [0.5, 0.6) is 0 Å². The van der Waals surface area contributed by atoms with Crippen molar-refractivity contribution in [1.29, 1.82) is 0 Å². The van der Waals surface area contributed by atoms with Crippen molar-refractivity contribution in [3.05, 3.63) is 35.3 Å². The number of pyridine rings is 1. The molecule has 1 N–H and O–H groups in total. The summed E-state index contributed by atoms with van der Waals surface area (Å²) in [6.45, 7) is 8.16. The summed E-state index contributed by atoms with van der Waals surface area (Å²) in [6, 6.07) is 4.13. The highest BCUT2D eigenvalue weighted by atomic mass is 16.2. The molecule has 2 heterocycles. The van der Waals surface area contributed by atoms with Crippen LogP contribution >= 0.6 is 0 Å². The Morgan fingerprint density at radius 2 is 2.14 bits per heavy atom. The van der Waals surface area contributed by atoms with Gasteiger partial charge >= 0.3 is 0 Å². The van der Waals surface area contributed by atoms with Crippen LogP contribution in [0, 0.1) is 12.8 Å². The average Bonchev–Trinajstić information content (AvgIpc) is 2.74. The summed E-state index contributed by atoms with van der Waals surface area (Å²) in [5.41, 5.74) is 4.38. The zero-order valence-corrected chi connectivity index (χ0v) is 13.2. The topological polar surface area (TPSA) is 46.4 Å². The summed E-state index contributed by atoms with van der Waals surface area (Å²) >= 11 is 0. The lowest BCUT2D eigenvalue weighted by molar-refractivity contribution is -0.126. The smallest absolute Gasteiger partial charge is 0.223 e. The second-order valence-electron chi connectivity index (χ2n) is 7.12. The lowest BCUT2D eigenvalue weighted by Crippen LogP contribution is -2.45. The molecule has 0 spiro atoms. The second-order valence-corrected chi connectivity index (χ2v) is 7.12. The maximum atomic E-state index is 12.4. The van der Waals surface area contributed by atoms with E-state index in [4.69, 9.17) is 4.98 Å². The van der Waals surface area contributed by atoms with Gasteiger partial charge in [0, 0.05) is 29.8 Å². The SMILES string of the molecule is Cc1ccc2nc3c(n2c1)CC(C(=O)NC(C)(C)C)CC3. The van der Waals surface area contributed by atoms with Crippen LogP contribution in [0.1, 0.15) is 44.1 Å². The zero-order chi connectivity index (χ0) is 15.2. The zero-order valence-electron chi connectivity index (χ0n) is 13.2. The molecule has 0 saturated heterocycles. The van der Waals surface area contributed by atoms with Crippen LogP contribution in [0.15, 0.2) is 18.3 Å². The van der Waals surface area contributed by atoms with Gasteiger partial charge in [0.15, 0.2) is 0 Å². The third-order valence-corrected chi connectivity index (χ3v) is 3.99. The van der Waals surface area contributed by atoms with Gasteiger partial charge in [-0.15, -0.1) is 0 Å². The lowest BCUT2D eigenvalue weighted by Gasteiger charge is -2.27. The van der Waals surface area contributed by atoms with Crippen molar-refractivity contribution in [2.45, 2.75) is 52.5 Å². The molecule has 1 aliphatic carbocycles. The van der Waals surface area contributed by atoms with Crippen molar-refractivity contribution in [1.82, 2.24) is 14.7 Å². The number of aromatic nitrogens is 2. The standard InChI is InChI=1S/C17H23N3O/c1-11-5-8-15-18-13-7-6-12(9-14(13)20(15)10-11)16(21)19-17(2,3)4/h5,8,10,12H,6-7,9H2,1-4H3,(H,19,21). The van der Waals surface area contributed by atoms with Gasteiger partial charge in [-0.1, -0.05) is 6.07 Å². The molecule has 1 atom stereocenters. The van der Waals surface area contributed by atoms with Crippen molar-refractivity contribution in [2.24, 2.45) is 5.92 Å². The van der Waals surface area contributed by atoms with Gasteiger partial charge < -0.3 is 9.72 Å². The predicted octanol–water partition coefficient (Wildman–Crippen LogP) is 2.66. The highest BCUT2D eigenvalue weighted by Gasteiger charge is 2.29. The number of hydrogen-bond donors (Lipinski definition) is 1. The molecule has 4 nitrogen and oxygen atoms in total. The monoisotopic (exact) mass is 285 g/mol. The molecule has 112 valence electrons. The number of carbonyl (C=O) groups excluding carboxylic acids is 1. The molecule has 1 unspecified atom stereocenters. The summed E-state index contributed by atoms with van der Waals surface area (Å²) < 4.78 is 2.15. The Morgan fingerprint density at radius 3 is 2.86 bits per heavy atom. The van der Waals surface area contributed by atoms with Gasteiger partial charge in [-0.05, 0) is 52.2 Å². The molecule has 0 bridgehead atoms. The van der Waals surface area contributed by atoms with E-state index in [1.807, 2.05) is 20.8 Å². The molecule has 1 aliphatic rings. The molecule has 2 aromatic rings. The van der Waals surface area contributed by atoms with Crippen LogP contribution in [0.4, 0.5) is 0 Å². The van der Waals surface area contributed by atoms with Crippen LogP contribution in [-0.4, -0.2) is 20.8 Å². The molecule has 0 aliphatic heterocycles. The molecule has 1 amide bonds. The fraction of sp³-hybridized carbons (Fsp3) is 0.529. The van der Waals surface area contributed by atoms with Gasteiger partial charge in [0.05, 0.1) is 5.69 Å². The Labute approximate surface area is 125 Å². The first-order valence-electron chi connectivity index (χ1n) is 7.62. The maximum Gasteiger partial charge on any atom is 0.223 e. The highest BCUT2D eigenvalue weighted by Crippen LogP contribution is 2.27. The van der Waals surface area contributed by atoms with E-state index in [-0.39, 0.29) is 17.4 Å². The normalized spacial score (nSPS) is 18.6. The van der Waals surface area contributed by atoms with E-state index >= 15 is 0 Å². The van der Waals surface area contributed by atoms with Crippen LogP contribution in [-0.2, 0) is 17.6 Å². The number of hydrogen-bond acceptors (Lipinski definition) is 2. The van der Waals surface area contributed by atoms with Crippen LogP contribution in [0.25, 0.3) is 5.65 Å². The first-order valence-corrected chi connectivity index (χ1v) is 7.62. The number of rotatable bonds is 1. The van der Waals surface area contributed by atoms with Crippen molar-refractivity contribution in [3.63, 3.8) is 0 Å². The summed E-state index contributed by atoms with van der Waals surface area (Å²) in [5.74, 6) is 0.216. The fourth-order valence-corrected chi connectivity index (χ4v) is 3.01. The molecule has 4 heteroatoms. The quantitative estimate of drug-likeness (QED) is 0.875. The molecular weight excluding hydrogens is 262 g/mol. The third kappa shape index (κ3) is 2.80. The summed E-state index contributed by atoms with van der Waals surface area (Å²) in [5, 5.41) is 3.10. The van der Waals surface area contributed by atoms with E-state index in [2.05, 4.69) is 35.0 Å². The van der Waals surface area contributed by atoms with Crippen molar-refractivity contribution < 1.29 is 4.79 Å². The minimum atomic E-state index is -0.173. The Balaban J connectivity index is 1.89. The second kappa shape index (κ2) is 4.86. The summed E-state index contributed by atoms with van der Waals surface area (Å²) in [4.78, 5) is 17.1. The number of aryl methyl sites for hydroxylation is 2. The summed E-state index contributed by atoms with van der Waals surface area (Å²) in [6.07, 6.45) is 4.67. The first kappa shape index (κ1) is 14.1. The van der Waals surface area contributed by atoms with E-state index in [0.717, 1.165) is 30.6 Å². The van der Waals surface area contributed by atoms with E-state index in [1.165, 1.54) is 11.3 Å². The van der Waals surface area contributed by atoms with Gasteiger partial charge in [0.2, 0.25) is 5.91 Å². The number of amides is 1. The Morgan fingerprint density at radius 1 is 1.38 bits per heavy atom. The number of fused-ring (bicyclic) bond motifs is 3. The molecule has 2 aromatic heterocycles. The number of nitrogens with zero attached hydrogens (tertiary/aromatic N) is 2. The van der Waals surface area contributed by atoms with Crippen LogP contribution in [0.2, 0.25) is 0 Å². The Bertz CT molecular complexity index is 694. The number of nitrogens with one attached hydrogen (secondary N) is 1. The van der Waals surface area contributed by atoms with Gasteiger partial charge in [-0.2, -0.15) is 0 Å². The van der Waals surface area contributed by atoms with E-state index < -0.39 is 0 Å². The molecule has 0 fully saturated rings. The molecule has 21 heavy (non-hydrogen) atoms. The van der Waals surface area contributed by atoms with Crippen molar-refractivity contribution in [2.75, 3.05) is 0 Å². The number of carbonyl (C=O) groups is 1. The molecule has 0 radical (unpaired) electrons. The van der Waals surface area contributed by atoms with Gasteiger partial charge in [-0.3, -0.25) is 4.79 Å². The van der Waals surface area contributed by atoms with Gasteiger partial charge in [-0.25, -0.2) is 4.98 Å². The maximum absolute atomic E-state index is 12.4. The van der Waals surface area contributed by atoms with E-state index in [0.29, 0.717) is 0 Å². The highest BCUT2D eigenvalue weighted by molar-refractivity contribution is 5.80. The minimum Gasteiger partial charge on any atom is -0.351 e. The predicted molar refractivity (Wildman–Crippen MR) is 83.3 cm³/mol. The fourth-order valence-electron chi connectivity index (χ4n) is 3.01. The molecular formula is C17H23N3O. The lowest BCUT2D eigenvalue weighted by atomic mass is 9.88.